The maximum absolute atomic E-state index is 9.89. The van der Waals surface area contributed by atoms with Gasteiger partial charge in [-0.15, -0.1) is 0 Å². The fourth-order valence-electron chi connectivity index (χ4n) is 2.51. The van der Waals surface area contributed by atoms with Crippen LogP contribution in [0.2, 0.25) is 0 Å². The number of likely N-dealkylation sites (N-methyl/N-ethyl adjacent to an activating group) is 1. The van der Waals surface area contributed by atoms with Crippen LogP contribution in [-0.2, 0) is 0 Å². The molecular formula is C12H24N2O. The highest BCUT2D eigenvalue weighted by atomic mass is 16.3. The SMILES string of the molecule is CN1CCC(N(C)CC(O)C2CC2)CC1. The molecule has 0 aromatic heterocycles. The van der Waals surface area contributed by atoms with Gasteiger partial charge in [-0.2, -0.15) is 0 Å². The van der Waals surface area contributed by atoms with E-state index in [1.54, 1.807) is 0 Å². The van der Waals surface area contributed by atoms with E-state index in [0.717, 1.165) is 6.54 Å². The molecule has 1 atom stereocenters. The van der Waals surface area contributed by atoms with Crippen molar-refractivity contribution in [1.82, 2.24) is 9.80 Å². The Bertz CT molecular complexity index is 198. The van der Waals surface area contributed by atoms with Crippen LogP contribution in [0.15, 0.2) is 0 Å². The minimum Gasteiger partial charge on any atom is -0.392 e. The first kappa shape index (κ1) is 11.4. The molecule has 1 N–H and O–H groups in total. The molecule has 1 saturated heterocycles. The van der Waals surface area contributed by atoms with E-state index in [1.807, 2.05) is 0 Å². The molecule has 0 spiro atoms. The van der Waals surface area contributed by atoms with Crippen LogP contribution in [0.1, 0.15) is 25.7 Å². The number of aliphatic hydroxyl groups excluding tert-OH is 1. The van der Waals surface area contributed by atoms with Crippen molar-refractivity contribution in [2.45, 2.75) is 37.8 Å². The smallest absolute Gasteiger partial charge is 0.0695 e. The number of nitrogens with zero attached hydrogens (tertiary/aromatic N) is 2. The van der Waals surface area contributed by atoms with Crippen LogP contribution >= 0.6 is 0 Å². The zero-order chi connectivity index (χ0) is 10.8. The fraction of sp³-hybridized carbons (Fsp3) is 1.00. The Morgan fingerprint density at radius 1 is 1.27 bits per heavy atom. The van der Waals surface area contributed by atoms with Crippen molar-refractivity contribution in [3.05, 3.63) is 0 Å². The van der Waals surface area contributed by atoms with Crippen LogP contribution in [0.5, 0.6) is 0 Å². The molecule has 1 heterocycles. The van der Waals surface area contributed by atoms with E-state index in [1.165, 1.54) is 38.8 Å². The molecule has 1 aliphatic carbocycles. The maximum atomic E-state index is 9.89. The maximum Gasteiger partial charge on any atom is 0.0695 e. The van der Waals surface area contributed by atoms with Gasteiger partial charge in [0.25, 0.3) is 0 Å². The lowest BCUT2D eigenvalue weighted by Gasteiger charge is -2.36. The first-order valence-electron chi connectivity index (χ1n) is 6.23. The molecule has 88 valence electrons. The summed E-state index contributed by atoms with van der Waals surface area (Å²) in [6, 6.07) is 0.689. The van der Waals surface area contributed by atoms with Crippen LogP contribution in [0, 0.1) is 5.92 Å². The average molecular weight is 212 g/mol. The molecule has 1 saturated carbocycles. The molecule has 3 heteroatoms. The molecule has 0 radical (unpaired) electrons. The predicted molar refractivity (Wildman–Crippen MR) is 61.9 cm³/mol. The third-order valence-electron chi connectivity index (χ3n) is 3.95. The van der Waals surface area contributed by atoms with Gasteiger partial charge in [-0.25, -0.2) is 0 Å². The summed E-state index contributed by atoms with van der Waals surface area (Å²) in [5.41, 5.74) is 0. The minimum absolute atomic E-state index is 0.0744. The summed E-state index contributed by atoms with van der Waals surface area (Å²) in [4.78, 5) is 4.76. The average Bonchev–Trinajstić information content (AvgIpc) is 3.01. The normalized spacial score (nSPS) is 27.2. The third kappa shape index (κ3) is 3.16. The van der Waals surface area contributed by atoms with Gasteiger partial charge >= 0.3 is 0 Å². The van der Waals surface area contributed by atoms with Gasteiger partial charge < -0.3 is 14.9 Å². The summed E-state index contributed by atoms with van der Waals surface area (Å²) in [6.45, 7) is 3.28. The van der Waals surface area contributed by atoms with Gasteiger partial charge in [-0.1, -0.05) is 0 Å². The van der Waals surface area contributed by atoms with Crippen molar-refractivity contribution in [2.75, 3.05) is 33.7 Å². The van der Waals surface area contributed by atoms with Gasteiger partial charge in [0.2, 0.25) is 0 Å². The largest absolute Gasteiger partial charge is 0.392 e. The van der Waals surface area contributed by atoms with Crippen LogP contribution in [0.25, 0.3) is 0 Å². The summed E-state index contributed by atoms with van der Waals surface area (Å²) in [6.07, 6.45) is 4.91. The Kier molecular flexibility index (Phi) is 3.65. The summed E-state index contributed by atoms with van der Waals surface area (Å²) < 4.78 is 0. The van der Waals surface area contributed by atoms with Crippen LogP contribution in [0.4, 0.5) is 0 Å². The van der Waals surface area contributed by atoms with Crippen molar-refractivity contribution in [2.24, 2.45) is 5.92 Å². The third-order valence-corrected chi connectivity index (χ3v) is 3.95. The molecule has 0 amide bonds. The van der Waals surface area contributed by atoms with Gasteiger partial charge in [-0.3, -0.25) is 0 Å². The fourth-order valence-corrected chi connectivity index (χ4v) is 2.51. The number of hydrogen-bond acceptors (Lipinski definition) is 3. The van der Waals surface area contributed by atoms with Gasteiger partial charge in [-0.05, 0) is 58.8 Å². The molecule has 0 aromatic carbocycles. The molecular weight excluding hydrogens is 188 g/mol. The number of piperidine rings is 1. The summed E-state index contributed by atoms with van der Waals surface area (Å²) >= 11 is 0. The highest BCUT2D eigenvalue weighted by Crippen LogP contribution is 2.33. The van der Waals surface area contributed by atoms with E-state index in [-0.39, 0.29) is 6.10 Å². The number of rotatable bonds is 4. The Morgan fingerprint density at radius 2 is 1.87 bits per heavy atom. The van der Waals surface area contributed by atoms with E-state index in [9.17, 15) is 5.11 Å². The van der Waals surface area contributed by atoms with Crippen molar-refractivity contribution in [3.8, 4) is 0 Å². The van der Waals surface area contributed by atoms with Gasteiger partial charge in [0, 0.05) is 12.6 Å². The molecule has 1 unspecified atom stereocenters. The van der Waals surface area contributed by atoms with Crippen LogP contribution < -0.4 is 0 Å². The van der Waals surface area contributed by atoms with Crippen molar-refractivity contribution < 1.29 is 5.11 Å². The highest BCUT2D eigenvalue weighted by molar-refractivity contribution is 4.85. The monoisotopic (exact) mass is 212 g/mol. The lowest BCUT2D eigenvalue weighted by molar-refractivity contribution is 0.0675. The number of aliphatic hydroxyl groups is 1. The van der Waals surface area contributed by atoms with Crippen molar-refractivity contribution in [3.63, 3.8) is 0 Å². The van der Waals surface area contributed by atoms with Gasteiger partial charge in [0.15, 0.2) is 0 Å². The number of hydrogen-bond donors (Lipinski definition) is 1. The van der Waals surface area contributed by atoms with Crippen molar-refractivity contribution >= 4 is 0 Å². The van der Waals surface area contributed by atoms with E-state index in [4.69, 9.17) is 0 Å². The minimum atomic E-state index is -0.0744. The molecule has 15 heavy (non-hydrogen) atoms. The second kappa shape index (κ2) is 4.81. The van der Waals surface area contributed by atoms with Gasteiger partial charge in [0.1, 0.15) is 0 Å². The van der Waals surface area contributed by atoms with E-state index < -0.39 is 0 Å². The number of likely N-dealkylation sites (tertiary alicyclic amines) is 1. The van der Waals surface area contributed by atoms with Crippen LogP contribution in [-0.4, -0.2) is 60.8 Å². The van der Waals surface area contributed by atoms with Crippen molar-refractivity contribution in [1.29, 1.82) is 0 Å². The van der Waals surface area contributed by atoms with Crippen LogP contribution in [0.3, 0.4) is 0 Å². The Morgan fingerprint density at radius 3 is 2.40 bits per heavy atom. The van der Waals surface area contributed by atoms with E-state index in [0.29, 0.717) is 12.0 Å². The quantitative estimate of drug-likeness (QED) is 0.746. The second-order valence-corrected chi connectivity index (χ2v) is 5.38. The summed E-state index contributed by atoms with van der Waals surface area (Å²) in [5, 5.41) is 9.89. The Balaban J connectivity index is 1.72. The van der Waals surface area contributed by atoms with E-state index >= 15 is 0 Å². The standard InChI is InChI=1S/C12H24N2O/c1-13-7-5-11(6-8-13)14(2)9-12(15)10-3-4-10/h10-12,15H,3-9H2,1-2H3. The lowest BCUT2D eigenvalue weighted by atomic mass is 10.0. The molecule has 0 aromatic rings. The molecule has 1 aliphatic heterocycles. The molecule has 2 fully saturated rings. The summed E-state index contributed by atoms with van der Waals surface area (Å²) in [7, 11) is 4.36. The highest BCUT2D eigenvalue weighted by Gasteiger charge is 2.31. The first-order chi connectivity index (χ1) is 7.16. The molecule has 2 rings (SSSR count). The molecule has 0 bridgehead atoms. The second-order valence-electron chi connectivity index (χ2n) is 5.38. The zero-order valence-corrected chi connectivity index (χ0v) is 10.0. The Hall–Kier alpha value is -0.120. The predicted octanol–water partition coefficient (Wildman–Crippen LogP) is 0.783. The summed E-state index contributed by atoms with van der Waals surface area (Å²) in [5.74, 6) is 0.610. The van der Waals surface area contributed by atoms with E-state index in [2.05, 4.69) is 23.9 Å². The Labute approximate surface area is 93.1 Å². The molecule has 2 aliphatic rings. The topological polar surface area (TPSA) is 26.7 Å². The zero-order valence-electron chi connectivity index (χ0n) is 10.0. The first-order valence-corrected chi connectivity index (χ1v) is 6.23. The van der Waals surface area contributed by atoms with Gasteiger partial charge in [0.05, 0.1) is 6.10 Å². The lowest BCUT2D eigenvalue weighted by Crippen LogP contribution is -2.44. The molecule has 3 nitrogen and oxygen atoms in total.